The Kier molecular flexibility index (Phi) is 5.42. The molecule has 1 aliphatic carbocycles. The molecule has 1 saturated carbocycles. The number of anilines is 1. The largest absolute Gasteiger partial charge is 0.463 e. The fourth-order valence-corrected chi connectivity index (χ4v) is 5.27. The molecule has 0 bridgehead atoms. The number of hydrogen-bond acceptors (Lipinski definition) is 4. The van der Waals surface area contributed by atoms with Gasteiger partial charge in [-0.2, -0.15) is 0 Å². The van der Waals surface area contributed by atoms with Crippen molar-refractivity contribution in [3.8, 4) is 0 Å². The van der Waals surface area contributed by atoms with E-state index in [1.165, 1.54) is 38.4 Å². The molecule has 1 heterocycles. The van der Waals surface area contributed by atoms with Gasteiger partial charge >= 0.3 is 0 Å². The van der Waals surface area contributed by atoms with Crippen molar-refractivity contribution in [1.29, 1.82) is 0 Å². The summed E-state index contributed by atoms with van der Waals surface area (Å²) in [5.41, 5.74) is 2.16. The van der Waals surface area contributed by atoms with Gasteiger partial charge in [0.05, 0.1) is 5.69 Å². The summed E-state index contributed by atoms with van der Waals surface area (Å²) in [6.45, 7) is 0.718. The number of nitrogens with one attached hydrogen (secondary N) is 1. The summed E-state index contributed by atoms with van der Waals surface area (Å²) in [5.74, 6) is 0. The molecule has 0 atom stereocenters. The van der Waals surface area contributed by atoms with E-state index in [4.69, 9.17) is 4.42 Å². The van der Waals surface area contributed by atoms with Crippen molar-refractivity contribution in [2.45, 2.75) is 49.6 Å². The number of benzene rings is 2. The van der Waals surface area contributed by atoms with Crippen molar-refractivity contribution in [2.75, 3.05) is 11.8 Å². The highest BCUT2D eigenvalue weighted by atomic mass is 32.2. The molecule has 2 aromatic carbocycles. The van der Waals surface area contributed by atoms with E-state index in [1.54, 1.807) is 12.1 Å². The van der Waals surface area contributed by atoms with E-state index in [2.05, 4.69) is 16.7 Å². The molecule has 1 aliphatic rings. The molecule has 0 aliphatic heterocycles. The van der Waals surface area contributed by atoms with E-state index in [1.807, 2.05) is 36.4 Å². The van der Waals surface area contributed by atoms with Crippen LogP contribution in [-0.2, 0) is 16.6 Å². The fourth-order valence-electron chi connectivity index (χ4n) is 4.04. The van der Waals surface area contributed by atoms with Crippen LogP contribution in [-0.4, -0.2) is 26.4 Å². The first-order valence-electron chi connectivity index (χ1n) is 9.82. The fraction of sp³-hybridized carbons (Fsp3) is 0.364. The molecule has 148 valence electrons. The van der Waals surface area contributed by atoms with Gasteiger partial charge in [0, 0.05) is 18.0 Å². The second-order valence-electron chi connectivity index (χ2n) is 7.57. The zero-order valence-electron chi connectivity index (χ0n) is 16.1. The van der Waals surface area contributed by atoms with Crippen molar-refractivity contribution in [2.24, 2.45) is 0 Å². The van der Waals surface area contributed by atoms with Crippen molar-refractivity contribution in [3.63, 3.8) is 0 Å². The van der Waals surface area contributed by atoms with Gasteiger partial charge in [0.2, 0.25) is 0 Å². The molecular formula is C22H26N2O3S. The highest BCUT2D eigenvalue weighted by Gasteiger charge is 2.23. The number of hydrogen-bond donors (Lipinski definition) is 1. The molecular weight excluding hydrogens is 372 g/mol. The topological polar surface area (TPSA) is 62.6 Å². The highest BCUT2D eigenvalue weighted by molar-refractivity contribution is 7.93. The minimum absolute atomic E-state index is 0.165. The van der Waals surface area contributed by atoms with E-state index < -0.39 is 10.0 Å². The first-order chi connectivity index (χ1) is 13.5. The third-order valence-corrected chi connectivity index (χ3v) is 7.00. The Morgan fingerprint density at radius 2 is 1.75 bits per heavy atom. The molecule has 5 nitrogen and oxygen atoms in total. The van der Waals surface area contributed by atoms with Crippen LogP contribution in [0.5, 0.6) is 0 Å². The van der Waals surface area contributed by atoms with E-state index in [-0.39, 0.29) is 4.90 Å². The number of fused-ring (bicyclic) bond motifs is 1. The van der Waals surface area contributed by atoms with Gasteiger partial charge in [0.15, 0.2) is 0 Å². The van der Waals surface area contributed by atoms with Crippen LogP contribution in [0.4, 0.5) is 5.69 Å². The predicted octanol–water partition coefficient (Wildman–Crippen LogP) is 5.00. The lowest BCUT2D eigenvalue weighted by Gasteiger charge is -2.31. The molecule has 0 saturated heterocycles. The number of furan rings is 1. The monoisotopic (exact) mass is 398 g/mol. The Hall–Kier alpha value is -2.31. The average molecular weight is 399 g/mol. The highest BCUT2D eigenvalue weighted by Crippen LogP contribution is 2.29. The van der Waals surface area contributed by atoms with Gasteiger partial charge in [0.1, 0.15) is 16.7 Å². The summed E-state index contributed by atoms with van der Waals surface area (Å²) in [6, 6.07) is 15.4. The second-order valence-corrected chi connectivity index (χ2v) is 9.22. The number of para-hydroxylation sites is 2. The van der Waals surface area contributed by atoms with Crippen LogP contribution >= 0.6 is 0 Å². The van der Waals surface area contributed by atoms with Gasteiger partial charge in [-0.3, -0.25) is 9.62 Å². The summed E-state index contributed by atoms with van der Waals surface area (Å²) in [7, 11) is -1.61. The zero-order chi connectivity index (χ0) is 19.6. The smallest absolute Gasteiger partial charge is 0.265 e. The first-order valence-corrected chi connectivity index (χ1v) is 11.3. The van der Waals surface area contributed by atoms with E-state index in [0.29, 0.717) is 22.7 Å². The SMILES string of the molecule is CN(Cc1ccccc1NS(=O)(=O)c1coc2ccccc12)C1CCCCC1. The Bertz CT molecular complexity index is 1050. The van der Waals surface area contributed by atoms with Crippen LogP contribution in [0.3, 0.4) is 0 Å². The standard InChI is InChI=1S/C22H26N2O3S/c1-24(18-10-3-2-4-11-18)15-17-9-5-7-13-20(17)23-28(25,26)22-16-27-21-14-8-6-12-19(21)22/h5-9,12-14,16,18,23H,2-4,10-11,15H2,1H3. The van der Waals surface area contributed by atoms with Gasteiger partial charge in [-0.05, 0) is 43.7 Å². The van der Waals surface area contributed by atoms with Crippen LogP contribution in [0.2, 0.25) is 0 Å². The van der Waals surface area contributed by atoms with Gasteiger partial charge in [-0.25, -0.2) is 8.42 Å². The van der Waals surface area contributed by atoms with E-state index in [9.17, 15) is 8.42 Å². The summed E-state index contributed by atoms with van der Waals surface area (Å²) in [4.78, 5) is 2.51. The molecule has 0 radical (unpaired) electrons. The van der Waals surface area contributed by atoms with Crippen LogP contribution < -0.4 is 4.72 Å². The van der Waals surface area contributed by atoms with Gasteiger partial charge in [0.25, 0.3) is 10.0 Å². The lowest BCUT2D eigenvalue weighted by atomic mass is 9.94. The van der Waals surface area contributed by atoms with Crippen LogP contribution in [0.25, 0.3) is 11.0 Å². The van der Waals surface area contributed by atoms with E-state index >= 15 is 0 Å². The minimum Gasteiger partial charge on any atom is -0.463 e. The third kappa shape index (κ3) is 3.93. The average Bonchev–Trinajstić information content (AvgIpc) is 3.15. The van der Waals surface area contributed by atoms with Crippen molar-refractivity contribution >= 4 is 26.7 Å². The molecule has 0 spiro atoms. The third-order valence-electron chi connectivity index (χ3n) is 5.61. The molecule has 0 amide bonds. The van der Waals surface area contributed by atoms with Crippen molar-refractivity contribution in [1.82, 2.24) is 4.90 Å². The van der Waals surface area contributed by atoms with Crippen molar-refractivity contribution in [3.05, 3.63) is 60.4 Å². The lowest BCUT2D eigenvalue weighted by Crippen LogP contribution is -2.33. The molecule has 1 fully saturated rings. The number of rotatable bonds is 6. The van der Waals surface area contributed by atoms with Crippen LogP contribution in [0.1, 0.15) is 37.7 Å². The molecule has 1 N–H and O–H groups in total. The van der Waals surface area contributed by atoms with Crippen LogP contribution in [0.15, 0.2) is 64.1 Å². The predicted molar refractivity (Wildman–Crippen MR) is 112 cm³/mol. The minimum atomic E-state index is -3.74. The molecule has 28 heavy (non-hydrogen) atoms. The maximum Gasteiger partial charge on any atom is 0.265 e. The van der Waals surface area contributed by atoms with Gasteiger partial charge in [-0.15, -0.1) is 0 Å². The number of sulfonamides is 1. The molecule has 3 aromatic rings. The molecule has 6 heteroatoms. The Morgan fingerprint density at radius 1 is 1.04 bits per heavy atom. The lowest BCUT2D eigenvalue weighted by molar-refractivity contribution is 0.185. The Morgan fingerprint density at radius 3 is 2.57 bits per heavy atom. The molecule has 1 aromatic heterocycles. The van der Waals surface area contributed by atoms with Gasteiger partial charge < -0.3 is 4.42 Å². The second kappa shape index (κ2) is 7.97. The Balaban J connectivity index is 1.58. The summed E-state index contributed by atoms with van der Waals surface area (Å²) >= 11 is 0. The Labute approximate surface area is 166 Å². The zero-order valence-corrected chi connectivity index (χ0v) is 16.9. The molecule has 0 unspecified atom stereocenters. The van der Waals surface area contributed by atoms with Crippen molar-refractivity contribution < 1.29 is 12.8 Å². The summed E-state index contributed by atoms with van der Waals surface area (Å²) < 4.78 is 34.3. The quantitative estimate of drug-likeness (QED) is 0.635. The normalized spacial score (nSPS) is 15.9. The maximum atomic E-state index is 13.0. The number of nitrogens with zero attached hydrogens (tertiary/aromatic N) is 1. The van der Waals surface area contributed by atoms with E-state index in [0.717, 1.165) is 12.1 Å². The molecule has 4 rings (SSSR count). The first kappa shape index (κ1) is 19.0. The maximum absolute atomic E-state index is 13.0. The summed E-state index contributed by atoms with van der Waals surface area (Å²) in [5, 5.41) is 0.590. The van der Waals surface area contributed by atoms with Crippen LogP contribution in [0, 0.1) is 0 Å². The van der Waals surface area contributed by atoms with Gasteiger partial charge in [-0.1, -0.05) is 49.6 Å². The summed E-state index contributed by atoms with van der Waals surface area (Å²) in [6.07, 6.45) is 7.60.